The Balaban J connectivity index is 1.79. The number of aromatic nitrogens is 3. The molecule has 7 heteroatoms. The average Bonchev–Trinajstić information content (AvgIpc) is 3.18. The van der Waals surface area contributed by atoms with Crippen LogP contribution in [0.25, 0.3) is 22.4 Å². The van der Waals surface area contributed by atoms with Crippen molar-refractivity contribution in [3.8, 4) is 17.1 Å². The van der Waals surface area contributed by atoms with Crippen LogP contribution in [0.1, 0.15) is 12.5 Å². The quantitative estimate of drug-likeness (QED) is 0.557. The maximum Gasteiger partial charge on any atom is 0.291 e. The van der Waals surface area contributed by atoms with Crippen molar-refractivity contribution >= 4 is 22.4 Å². The van der Waals surface area contributed by atoms with E-state index in [0.29, 0.717) is 27.5 Å². The number of fused-ring (bicyclic) bond motifs is 1. The van der Waals surface area contributed by atoms with E-state index in [-0.39, 0.29) is 11.4 Å². The molecule has 0 aliphatic carbocycles. The van der Waals surface area contributed by atoms with Gasteiger partial charge in [-0.3, -0.25) is 4.79 Å². The summed E-state index contributed by atoms with van der Waals surface area (Å²) in [6.45, 7) is 2.46. The van der Waals surface area contributed by atoms with Crippen LogP contribution in [0.3, 0.4) is 0 Å². The van der Waals surface area contributed by atoms with Crippen molar-refractivity contribution in [1.29, 1.82) is 0 Å². The summed E-state index contributed by atoms with van der Waals surface area (Å²) in [5, 5.41) is 4.26. The van der Waals surface area contributed by atoms with Gasteiger partial charge in [0.25, 0.3) is 5.56 Å². The van der Waals surface area contributed by atoms with E-state index in [0.717, 1.165) is 11.3 Å². The van der Waals surface area contributed by atoms with Gasteiger partial charge in [-0.1, -0.05) is 29.5 Å². The van der Waals surface area contributed by atoms with E-state index in [1.54, 1.807) is 18.2 Å². The van der Waals surface area contributed by atoms with Gasteiger partial charge in [0, 0.05) is 11.1 Å². The van der Waals surface area contributed by atoms with Gasteiger partial charge in [-0.2, -0.15) is 9.50 Å². The molecule has 0 N–H and O–H groups in total. The lowest BCUT2D eigenvalue weighted by atomic mass is 10.2. The Hall–Kier alpha value is -3.06. The van der Waals surface area contributed by atoms with Crippen molar-refractivity contribution < 1.29 is 9.13 Å². The molecule has 2 aromatic heterocycles. The fourth-order valence-corrected chi connectivity index (χ4v) is 3.48. The van der Waals surface area contributed by atoms with Gasteiger partial charge in [-0.15, -0.1) is 5.10 Å². The average molecular weight is 367 g/mol. The molecule has 0 spiro atoms. The second-order valence-corrected chi connectivity index (χ2v) is 6.53. The zero-order valence-electron chi connectivity index (χ0n) is 13.8. The standard InChI is InChI=1S/C19H14FN3O2S/c1-2-25-15-6-4-3-5-13(15)11-16-18(24)23-19(26-16)21-17(22-23)12-7-9-14(20)10-8-12/h3-11H,2H2,1H3/b16-11+. The molecule has 0 aliphatic heterocycles. The first kappa shape index (κ1) is 16.4. The highest BCUT2D eigenvalue weighted by Crippen LogP contribution is 2.19. The van der Waals surface area contributed by atoms with Crippen molar-refractivity contribution in [2.75, 3.05) is 6.61 Å². The minimum Gasteiger partial charge on any atom is -0.493 e. The third-order valence-electron chi connectivity index (χ3n) is 3.79. The van der Waals surface area contributed by atoms with Gasteiger partial charge in [0.1, 0.15) is 11.6 Å². The highest BCUT2D eigenvalue weighted by molar-refractivity contribution is 7.15. The summed E-state index contributed by atoms with van der Waals surface area (Å²) in [7, 11) is 0. The summed E-state index contributed by atoms with van der Waals surface area (Å²) in [6.07, 6.45) is 1.78. The molecule has 0 atom stereocenters. The topological polar surface area (TPSA) is 56.5 Å². The number of thiazole rings is 1. The molecule has 0 aliphatic rings. The summed E-state index contributed by atoms with van der Waals surface area (Å²) in [5.41, 5.74) is 1.25. The zero-order valence-corrected chi connectivity index (χ0v) is 14.7. The van der Waals surface area contributed by atoms with Gasteiger partial charge in [0.05, 0.1) is 11.1 Å². The molecule has 0 saturated heterocycles. The number of ether oxygens (including phenoxy) is 1. The van der Waals surface area contributed by atoms with Crippen LogP contribution < -0.4 is 14.8 Å². The van der Waals surface area contributed by atoms with Gasteiger partial charge in [-0.05, 0) is 43.3 Å². The van der Waals surface area contributed by atoms with Crippen molar-refractivity contribution in [2.24, 2.45) is 0 Å². The summed E-state index contributed by atoms with van der Waals surface area (Å²) >= 11 is 1.26. The summed E-state index contributed by atoms with van der Waals surface area (Å²) in [5.74, 6) is 0.791. The highest BCUT2D eigenvalue weighted by Gasteiger charge is 2.12. The predicted octanol–water partition coefficient (Wildman–Crippen LogP) is 2.90. The van der Waals surface area contributed by atoms with Crippen molar-refractivity contribution in [3.05, 3.63) is 74.8 Å². The predicted molar refractivity (Wildman–Crippen MR) is 98.9 cm³/mol. The third kappa shape index (κ3) is 2.97. The van der Waals surface area contributed by atoms with Gasteiger partial charge >= 0.3 is 0 Å². The lowest BCUT2D eigenvalue weighted by molar-refractivity contribution is 0.339. The maximum atomic E-state index is 13.1. The number of hydrogen-bond acceptors (Lipinski definition) is 5. The second-order valence-electron chi connectivity index (χ2n) is 5.52. The van der Waals surface area contributed by atoms with Crippen LogP contribution in [-0.2, 0) is 0 Å². The number of hydrogen-bond donors (Lipinski definition) is 0. The minimum atomic E-state index is -0.330. The highest BCUT2D eigenvalue weighted by atomic mass is 32.1. The summed E-state index contributed by atoms with van der Waals surface area (Å²) in [4.78, 5) is 17.5. The smallest absolute Gasteiger partial charge is 0.291 e. The van der Waals surface area contributed by atoms with E-state index >= 15 is 0 Å². The first-order valence-corrected chi connectivity index (χ1v) is 8.86. The number of nitrogens with zero attached hydrogens (tertiary/aromatic N) is 3. The lowest BCUT2D eigenvalue weighted by Crippen LogP contribution is -2.23. The van der Waals surface area contributed by atoms with Crippen LogP contribution in [0.5, 0.6) is 5.75 Å². The summed E-state index contributed by atoms with van der Waals surface area (Å²) in [6, 6.07) is 13.4. The Bertz CT molecular complexity index is 1180. The Labute approximate surface area is 152 Å². The van der Waals surface area contributed by atoms with E-state index in [2.05, 4.69) is 10.1 Å². The Kier molecular flexibility index (Phi) is 4.22. The molecule has 0 bridgehead atoms. The number of benzene rings is 2. The first-order chi connectivity index (χ1) is 12.7. The molecule has 4 rings (SSSR count). The SMILES string of the molecule is CCOc1ccccc1/C=c1/sc2nc(-c3ccc(F)cc3)nn2c1=O. The molecule has 2 aromatic carbocycles. The fraction of sp³-hybridized carbons (Fsp3) is 0.105. The number of rotatable bonds is 4. The van der Waals surface area contributed by atoms with Gasteiger partial charge in [0.15, 0.2) is 5.82 Å². The molecular weight excluding hydrogens is 353 g/mol. The van der Waals surface area contributed by atoms with E-state index < -0.39 is 0 Å². The van der Waals surface area contributed by atoms with Crippen LogP contribution in [-0.4, -0.2) is 21.2 Å². The normalized spacial score (nSPS) is 12.0. The van der Waals surface area contributed by atoms with Crippen molar-refractivity contribution in [2.45, 2.75) is 6.92 Å². The van der Waals surface area contributed by atoms with Crippen LogP contribution in [0.2, 0.25) is 0 Å². The van der Waals surface area contributed by atoms with Gasteiger partial charge in [0.2, 0.25) is 4.96 Å². The maximum absolute atomic E-state index is 13.1. The molecule has 5 nitrogen and oxygen atoms in total. The zero-order chi connectivity index (χ0) is 18.1. The van der Waals surface area contributed by atoms with Crippen LogP contribution in [0.4, 0.5) is 4.39 Å². The lowest BCUT2D eigenvalue weighted by Gasteiger charge is -2.05. The van der Waals surface area contributed by atoms with Gasteiger partial charge < -0.3 is 4.74 Å². The largest absolute Gasteiger partial charge is 0.493 e. The van der Waals surface area contributed by atoms with E-state index in [1.165, 1.54) is 28.0 Å². The molecule has 0 radical (unpaired) electrons. The molecule has 0 fully saturated rings. The first-order valence-electron chi connectivity index (χ1n) is 8.05. The van der Waals surface area contributed by atoms with Crippen molar-refractivity contribution in [3.63, 3.8) is 0 Å². The summed E-state index contributed by atoms with van der Waals surface area (Å²) < 4.78 is 20.4. The molecule has 26 heavy (non-hydrogen) atoms. The van der Waals surface area contributed by atoms with Crippen LogP contribution in [0.15, 0.2) is 53.3 Å². The Morgan fingerprint density at radius 2 is 1.96 bits per heavy atom. The molecule has 0 saturated carbocycles. The van der Waals surface area contributed by atoms with E-state index in [1.807, 2.05) is 31.2 Å². The molecule has 0 amide bonds. The minimum absolute atomic E-state index is 0.239. The second kappa shape index (κ2) is 6.68. The monoisotopic (exact) mass is 367 g/mol. The number of halogens is 1. The van der Waals surface area contributed by atoms with Crippen LogP contribution >= 0.6 is 11.3 Å². The fourth-order valence-electron chi connectivity index (χ4n) is 2.58. The van der Waals surface area contributed by atoms with Crippen molar-refractivity contribution in [1.82, 2.24) is 14.6 Å². The number of para-hydroxylation sites is 1. The van der Waals surface area contributed by atoms with Gasteiger partial charge in [-0.25, -0.2) is 4.39 Å². The van der Waals surface area contributed by atoms with Crippen LogP contribution in [0, 0.1) is 5.82 Å². The molecule has 130 valence electrons. The Morgan fingerprint density at radius 1 is 1.19 bits per heavy atom. The van der Waals surface area contributed by atoms with E-state index in [4.69, 9.17) is 4.74 Å². The third-order valence-corrected chi connectivity index (χ3v) is 4.75. The molecule has 0 unspecified atom stereocenters. The molecule has 2 heterocycles. The molecule has 4 aromatic rings. The van der Waals surface area contributed by atoms with E-state index in [9.17, 15) is 9.18 Å². The molecular formula is C19H14FN3O2S. The Morgan fingerprint density at radius 3 is 2.69 bits per heavy atom.